The number of alkyl halides is 1. The minimum absolute atomic E-state index is 0.332. The summed E-state index contributed by atoms with van der Waals surface area (Å²) < 4.78 is 23.0. The number of rotatable bonds is 10. The van der Waals surface area contributed by atoms with Gasteiger partial charge in [0.1, 0.15) is 5.75 Å². The van der Waals surface area contributed by atoms with Gasteiger partial charge in [0.15, 0.2) is 5.96 Å². The van der Waals surface area contributed by atoms with Crippen molar-refractivity contribution in [2.45, 2.75) is 26.3 Å². The summed E-state index contributed by atoms with van der Waals surface area (Å²) in [6, 6.07) is 6.13. The maximum absolute atomic E-state index is 12.1. The van der Waals surface area contributed by atoms with Crippen LogP contribution in [-0.4, -0.2) is 46.6 Å². The van der Waals surface area contributed by atoms with Crippen LogP contribution in [0.1, 0.15) is 24.0 Å². The molecule has 0 aliphatic rings. The number of aryl methyl sites for hydroxylation is 1. The summed E-state index contributed by atoms with van der Waals surface area (Å²) in [7, 11) is 3.38. The molecule has 5 nitrogen and oxygen atoms in total. The van der Waals surface area contributed by atoms with E-state index in [1.54, 1.807) is 14.2 Å². The van der Waals surface area contributed by atoms with Gasteiger partial charge in [-0.15, -0.1) is 0 Å². The van der Waals surface area contributed by atoms with Crippen LogP contribution in [0.5, 0.6) is 5.75 Å². The van der Waals surface area contributed by atoms with E-state index in [0.717, 1.165) is 23.3 Å². The highest BCUT2D eigenvalue weighted by molar-refractivity contribution is 5.79. The zero-order valence-corrected chi connectivity index (χ0v) is 14.3. The molecule has 0 saturated carbocycles. The number of ether oxygens (including phenoxy) is 2. The van der Waals surface area contributed by atoms with Crippen molar-refractivity contribution in [2.75, 3.05) is 40.6 Å². The molecule has 130 valence electrons. The maximum atomic E-state index is 12.1. The third kappa shape index (κ3) is 7.83. The molecule has 0 bridgehead atoms. The molecule has 0 amide bonds. The van der Waals surface area contributed by atoms with Crippen molar-refractivity contribution in [1.82, 2.24) is 10.6 Å². The third-order valence-corrected chi connectivity index (χ3v) is 3.25. The molecule has 0 fully saturated rings. The predicted octanol–water partition coefficient (Wildman–Crippen LogP) is 2.43. The molecule has 1 aromatic rings. The number of aliphatic imine (C=N–C) groups is 1. The van der Waals surface area contributed by atoms with E-state index in [-0.39, 0.29) is 6.67 Å². The standard InChI is InChI=1S/C17H28FN3O2/c1-14-6-7-15(16(12-14)23-11-5-10-22-3)13-21-17(19-2)20-9-4-8-18/h6-7,12H,4-5,8-11,13H2,1-3H3,(H2,19,20,21). The minimum Gasteiger partial charge on any atom is -0.493 e. The molecule has 0 unspecified atom stereocenters. The lowest BCUT2D eigenvalue weighted by atomic mass is 10.1. The van der Waals surface area contributed by atoms with Crippen molar-refractivity contribution in [3.8, 4) is 5.75 Å². The quantitative estimate of drug-likeness (QED) is 0.394. The molecule has 0 saturated heterocycles. The summed E-state index contributed by atoms with van der Waals surface area (Å²) in [5.41, 5.74) is 2.21. The number of benzene rings is 1. The van der Waals surface area contributed by atoms with Crippen molar-refractivity contribution in [2.24, 2.45) is 4.99 Å². The van der Waals surface area contributed by atoms with Crippen LogP contribution in [-0.2, 0) is 11.3 Å². The second-order valence-corrected chi connectivity index (χ2v) is 5.20. The number of hydrogen-bond donors (Lipinski definition) is 2. The number of halogens is 1. The predicted molar refractivity (Wildman–Crippen MR) is 92.0 cm³/mol. The average Bonchev–Trinajstić information content (AvgIpc) is 2.56. The molecule has 1 rings (SSSR count). The van der Waals surface area contributed by atoms with Gasteiger partial charge < -0.3 is 20.1 Å². The van der Waals surface area contributed by atoms with E-state index in [9.17, 15) is 4.39 Å². The van der Waals surface area contributed by atoms with Crippen LogP contribution in [0.4, 0.5) is 4.39 Å². The lowest BCUT2D eigenvalue weighted by Gasteiger charge is -2.15. The summed E-state index contributed by atoms with van der Waals surface area (Å²) >= 11 is 0. The summed E-state index contributed by atoms with van der Waals surface area (Å²) in [5, 5.41) is 6.29. The second kappa shape index (κ2) is 11.7. The molecule has 2 N–H and O–H groups in total. The number of guanidine groups is 1. The Morgan fingerprint density at radius 1 is 1.22 bits per heavy atom. The van der Waals surface area contributed by atoms with Crippen molar-refractivity contribution in [1.29, 1.82) is 0 Å². The molecule has 0 aliphatic carbocycles. The van der Waals surface area contributed by atoms with Crippen molar-refractivity contribution in [3.63, 3.8) is 0 Å². The fourth-order valence-corrected chi connectivity index (χ4v) is 2.00. The fourth-order valence-electron chi connectivity index (χ4n) is 2.00. The largest absolute Gasteiger partial charge is 0.493 e. The fraction of sp³-hybridized carbons (Fsp3) is 0.588. The van der Waals surface area contributed by atoms with Gasteiger partial charge >= 0.3 is 0 Å². The molecule has 0 radical (unpaired) electrons. The Balaban J connectivity index is 2.57. The van der Waals surface area contributed by atoms with E-state index in [2.05, 4.69) is 21.7 Å². The number of nitrogens with one attached hydrogen (secondary N) is 2. The van der Waals surface area contributed by atoms with Crippen molar-refractivity contribution in [3.05, 3.63) is 29.3 Å². The van der Waals surface area contributed by atoms with E-state index in [1.165, 1.54) is 0 Å². The van der Waals surface area contributed by atoms with E-state index in [0.29, 0.717) is 38.7 Å². The number of nitrogens with zero attached hydrogens (tertiary/aromatic N) is 1. The van der Waals surface area contributed by atoms with Crippen LogP contribution in [0.3, 0.4) is 0 Å². The molecule has 0 atom stereocenters. The van der Waals surface area contributed by atoms with E-state index < -0.39 is 0 Å². The summed E-state index contributed by atoms with van der Waals surface area (Å²) in [6.07, 6.45) is 1.32. The highest BCUT2D eigenvalue weighted by Crippen LogP contribution is 2.20. The van der Waals surface area contributed by atoms with E-state index in [4.69, 9.17) is 9.47 Å². The monoisotopic (exact) mass is 325 g/mol. The van der Waals surface area contributed by atoms with Crippen LogP contribution in [0, 0.1) is 6.92 Å². The zero-order chi connectivity index (χ0) is 16.9. The molecule has 23 heavy (non-hydrogen) atoms. The Morgan fingerprint density at radius 3 is 2.74 bits per heavy atom. The first-order chi connectivity index (χ1) is 11.2. The SMILES string of the molecule is CN=C(NCCCF)NCc1ccc(C)cc1OCCCOC. The van der Waals surface area contributed by atoms with Crippen LogP contribution in [0.2, 0.25) is 0 Å². The van der Waals surface area contributed by atoms with Crippen molar-refractivity contribution < 1.29 is 13.9 Å². The lowest BCUT2D eigenvalue weighted by Crippen LogP contribution is -2.37. The summed E-state index contributed by atoms with van der Waals surface area (Å²) in [4.78, 5) is 4.12. The normalized spacial score (nSPS) is 11.4. The smallest absolute Gasteiger partial charge is 0.191 e. The Morgan fingerprint density at radius 2 is 2.04 bits per heavy atom. The van der Waals surface area contributed by atoms with Crippen molar-refractivity contribution >= 4 is 5.96 Å². The molecule has 6 heteroatoms. The summed E-state index contributed by atoms with van der Waals surface area (Å²) in [5.74, 6) is 1.53. The summed E-state index contributed by atoms with van der Waals surface area (Å²) in [6.45, 7) is 4.16. The number of methoxy groups -OCH3 is 1. The molecule has 0 aliphatic heterocycles. The molecule has 0 aromatic heterocycles. The van der Waals surface area contributed by atoms with Crippen LogP contribution < -0.4 is 15.4 Å². The zero-order valence-electron chi connectivity index (χ0n) is 14.3. The van der Waals surface area contributed by atoms with E-state index in [1.807, 2.05) is 19.1 Å². The first-order valence-corrected chi connectivity index (χ1v) is 7.93. The number of hydrogen-bond acceptors (Lipinski definition) is 3. The Labute approximate surface area is 138 Å². The highest BCUT2D eigenvalue weighted by atomic mass is 19.1. The van der Waals surface area contributed by atoms with Gasteiger partial charge in [0.2, 0.25) is 0 Å². The van der Waals surface area contributed by atoms with Gasteiger partial charge in [0, 0.05) is 45.8 Å². The van der Waals surface area contributed by atoms with Gasteiger partial charge in [-0.3, -0.25) is 9.38 Å². The van der Waals surface area contributed by atoms with Crippen LogP contribution >= 0.6 is 0 Å². The van der Waals surface area contributed by atoms with Gasteiger partial charge in [-0.2, -0.15) is 0 Å². The first kappa shape index (κ1) is 19.2. The van der Waals surface area contributed by atoms with Gasteiger partial charge in [0.25, 0.3) is 0 Å². The van der Waals surface area contributed by atoms with Gasteiger partial charge in [-0.05, 0) is 25.0 Å². The second-order valence-electron chi connectivity index (χ2n) is 5.20. The Hall–Kier alpha value is -1.82. The lowest BCUT2D eigenvalue weighted by molar-refractivity contribution is 0.172. The molecule has 0 spiro atoms. The van der Waals surface area contributed by atoms with Gasteiger partial charge in [-0.1, -0.05) is 12.1 Å². The average molecular weight is 325 g/mol. The highest BCUT2D eigenvalue weighted by Gasteiger charge is 2.06. The Bertz CT molecular complexity index is 481. The molecular formula is C17H28FN3O2. The minimum atomic E-state index is -0.332. The van der Waals surface area contributed by atoms with Crippen LogP contribution in [0.15, 0.2) is 23.2 Å². The first-order valence-electron chi connectivity index (χ1n) is 7.93. The molecule has 0 heterocycles. The van der Waals surface area contributed by atoms with E-state index >= 15 is 0 Å². The maximum Gasteiger partial charge on any atom is 0.191 e. The molecular weight excluding hydrogens is 297 g/mol. The van der Waals surface area contributed by atoms with Gasteiger partial charge in [-0.25, -0.2) is 0 Å². The molecule has 1 aromatic carbocycles. The van der Waals surface area contributed by atoms with Crippen LogP contribution in [0.25, 0.3) is 0 Å². The van der Waals surface area contributed by atoms with Gasteiger partial charge in [0.05, 0.1) is 13.3 Å². The Kier molecular flexibility index (Phi) is 9.79. The third-order valence-electron chi connectivity index (χ3n) is 3.25. The topological polar surface area (TPSA) is 54.9 Å².